The third-order valence-electron chi connectivity index (χ3n) is 5.62. The van der Waals surface area contributed by atoms with Gasteiger partial charge in [-0.15, -0.1) is 23.5 Å². The van der Waals surface area contributed by atoms with Crippen LogP contribution in [0.25, 0.3) is 0 Å². The number of amidine groups is 1. The highest BCUT2D eigenvalue weighted by atomic mass is 32.2. The van der Waals surface area contributed by atoms with Gasteiger partial charge in [-0.05, 0) is 48.5 Å². The Kier molecular flexibility index (Phi) is 6.41. The predicted molar refractivity (Wildman–Crippen MR) is 121 cm³/mol. The summed E-state index contributed by atoms with van der Waals surface area (Å²) in [5, 5.41) is 20.7. The Hall–Kier alpha value is -1.83. The van der Waals surface area contributed by atoms with E-state index in [-0.39, 0.29) is 5.92 Å². The summed E-state index contributed by atoms with van der Waals surface area (Å²) in [6.45, 7) is 6.96. The molecule has 154 valence electrons. The molecule has 0 radical (unpaired) electrons. The number of thioether (sulfide) groups is 2. The van der Waals surface area contributed by atoms with Crippen molar-refractivity contribution in [2.45, 2.75) is 50.2 Å². The van der Waals surface area contributed by atoms with Crippen molar-refractivity contribution in [1.29, 1.82) is 10.5 Å². The zero-order chi connectivity index (χ0) is 21.1. The van der Waals surface area contributed by atoms with Gasteiger partial charge >= 0.3 is 0 Å². The van der Waals surface area contributed by atoms with Crippen LogP contribution >= 0.6 is 23.5 Å². The minimum Gasteiger partial charge on any atom is -0.494 e. The number of benzene rings is 1. The number of rotatable bonds is 10. The molecule has 0 aromatic heterocycles. The molecule has 3 rings (SSSR count). The second kappa shape index (κ2) is 8.50. The Labute approximate surface area is 182 Å². The van der Waals surface area contributed by atoms with E-state index in [4.69, 9.17) is 15.5 Å². The summed E-state index contributed by atoms with van der Waals surface area (Å²) >= 11 is 3.34. The maximum absolute atomic E-state index is 10.4. The highest BCUT2D eigenvalue weighted by molar-refractivity contribution is 8.18. The Morgan fingerprint density at radius 1 is 1.03 bits per heavy atom. The Balaban J connectivity index is 2.05. The van der Waals surface area contributed by atoms with Crippen LogP contribution in [0.1, 0.15) is 51.5 Å². The molecular weight excluding hydrogens is 400 g/mol. The molecule has 1 aromatic carbocycles. The molecule has 0 spiro atoms. The van der Waals surface area contributed by atoms with Crippen molar-refractivity contribution >= 4 is 29.4 Å². The summed E-state index contributed by atoms with van der Waals surface area (Å²) in [6.07, 6.45) is 2.89. The minimum absolute atomic E-state index is 0.281. The summed E-state index contributed by atoms with van der Waals surface area (Å²) in [5.41, 5.74) is 5.33. The third-order valence-corrected chi connectivity index (χ3v) is 9.16. The molecule has 3 unspecified atom stereocenters. The molecular formula is C22H28N4OS2. The molecule has 2 aliphatic rings. The van der Waals surface area contributed by atoms with Crippen molar-refractivity contribution < 1.29 is 4.74 Å². The van der Waals surface area contributed by atoms with Crippen molar-refractivity contribution in [3.63, 3.8) is 0 Å². The first-order valence-corrected chi connectivity index (χ1v) is 12.2. The van der Waals surface area contributed by atoms with Crippen LogP contribution in [-0.2, 0) is 0 Å². The predicted octanol–water partition coefficient (Wildman–Crippen LogP) is 4.90. The Morgan fingerprint density at radius 2 is 1.66 bits per heavy atom. The number of nitriles is 2. The van der Waals surface area contributed by atoms with Crippen LogP contribution in [0.4, 0.5) is 0 Å². The first-order chi connectivity index (χ1) is 14.0. The fourth-order valence-corrected chi connectivity index (χ4v) is 7.54. The lowest BCUT2D eigenvalue weighted by molar-refractivity contribution is 0.317. The first-order valence-electron chi connectivity index (χ1n) is 10.2. The molecule has 2 N–H and O–H groups in total. The molecule has 3 atom stereocenters. The van der Waals surface area contributed by atoms with E-state index >= 15 is 0 Å². The van der Waals surface area contributed by atoms with E-state index in [9.17, 15) is 10.5 Å². The van der Waals surface area contributed by atoms with Crippen LogP contribution in [0.15, 0.2) is 29.3 Å². The average molecular weight is 429 g/mol. The highest BCUT2D eigenvalue weighted by Gasteiger charge is 2.91. The van der Waals surface area contributed by atoms with Crippen molar-refractivity contribution in [3.8, 4) is 17.9 Å². The topological polar surface area (TPSA) is 95.2 Å². The Bertz CT molecular complexity index is 849. The van der Waals surface area contributed by atoms with E-state index in [0.717, 1.165) is 42.1 Å². The minimum atomic E-state index is -1.06. The van der Waals surface area contributed by atoms with Gasteiger partial charge in [0, 0.05) is 5.92 Å². The fourth-order valence-electron chi connectivity index (χ4n) is 4.32. The molecule has 1 aromatic rings. The van der Waals surface area contributed by atoms with Gasteiger partial charge in [0.05, 0.1) is 18.7 Å². The normalized spacial score (nSPS) is 28.7. The van der Waals surface area contributed by atoms with Crippen molar-refractivity contribution in [2.75, 3.05) is 18.1 Å². The number of nitrogens with zero attached hydrogens (tertiary/aromatic N) is 3. The van der Waals surface area contributed by atoms with E-state index < -0.39 is 15.0 Å². The van der Waals surface area contributed by atoms with Crippen LogP contribution in [-0.4, -0.2) is 28.2 Å². The van der Waals surface area contributed by atoms with Crippen LogP contribution in [0.2, 0.25) is 0 Å². The summed E-state index contributed by atoms with van der Waals surface area (Å²) in [5.74, 6) is 2.57. The van der Waals surface area contributed by atoms with Gasteiger partial charge in [-0.2, -0.15) is 10.5 Å². The molecule has 1 aliphatic carbocycles. The number of ether oxygens (including phenoxy) is 1. The average Bonchev–Trinajstić information content (AvgIpc) is 3.33. The van der Waals surface area contributed by atoms with Crippen LogP contribution in [0.5, 0.6) is 5.75 Å². The summed E-state index contributed by atoms with van der Waals surface area (Å²) in [7, 11) is 0. The maximum atomic E-state index is 10.4. The van der Waals surface area contributed by atoms with Gasteiger partial charge in [-0.3, -0.25) is 0 Å². The van der Waals surface area contributed by atoms with Crippen molar-refractivity contribution in [3.05, 3.63) is 29.8 Å². The van der Waals surface area contributed by atoms with Crippen LogP contribution in [0.3, 0.4) is 0 Å². The summed E-state index contributed by atoms with van der Waals surface area (Å²) in [6, 6.07) is 12.8. The molecule has 0 bridgehead atoms. The molecule has 1 fully saturated rings. The van der Waals surface area contributed by atoms with Gasteiger partial charge < -0.3 is 10.5 Å². The SMILES string of the molecule is CCCOc1ccc(C2C3(C#N)C(N)=NC(SCCC)(SCCC)C23C#N)cc1. The van der Waals surface area contributed by atoms with Gasteiger partial charge in [0.2, 0.25) is 0 Å². The molecule has 1 heterocycles. The van der Waals surface area contributed by atoms with Gasteiger partial charge in [-0.25, -0.2) is 4.99 Å². The lowest BCUT2D eigenvalue weighted by Gasteiger charge is -2.32. The molecule has 7 heteroatoms. The highest BCUT2D eigenvalue weighted by Crippen LogP contribution is 2.85. The van der Waals surface area contributed by atoms with E-state index in [1.807, 2.05) is 24.3 Å². The monoisotopic (exact) mass is 428 g/mol. The van der Waals surface area contributed by atoms with Gasteiger partial charge in [0.25, 0.3) is 0 Å². The molecule has 0 amide bonds. The third kappa shape index (κ3) is 3.02. The number of fused-ring (bicyclic) bond motifs is 1. The standard InChI is InChI=1S/C22H28N4OS2/c1-4-11-27-17-9-7-16(8-10-17)18-20(14-23)19(25)26-22(28-12-5-2,29-13-6-3)21(18,20)15-24/h7-10,18H,4-6,11-13H2,1-3H3,(H2,25,26). The maximum Gasteiger partial charge on any atom is 0.175 e. The summed E-state index contributed by atoms with van der Waals surface area (Å²) in [4.78, 5) is 4.80. The lowest BCUT2D eigenvalue weighted by atomic mass is 9.97. The molecule has 1 aliphatic heterocycles. The molecule has 0 saturated heterocycles. The summed E-state index contributed by atoms with van der Waals surface area (Å²) < 4.78 is 4.95. The van der Waals surface area contributed by atoms with Gasteiger partial charge in [0.15, 0.2) is 4.20 Å². The molecule has 5 nitrogen and oxygen atoms in total. The number of hydrogen-bond acceptors (Lipinski definition) is 7. The van der Waals surface area contributed by atoms with Crippen molar-refractivity contribution in [2.24, 2.45) is 21.6 Å². The quantitative estimate of drug-likeness (QED) is 0.532. The van der Waals surface area contributed by atoms with Crippen LogP contribution in [0, 0.1) is 33.5 Å². The van der Waals surface area contributed by atoms with E-state index in [0.29, 0.717) is 12.4 Å². The first kappa shape index (κ1) is 21.9. The van der Waals surface area contributed by atoms with E-state index in [2.05, 4.69) is 32.9 Å². The van der Waals surface area contributed by atoms with Crippen LogP contribution < -0.4 is 10.5 Å². The second-order valence-corrected chi connectivity index (χ2v) is 10.3. The van der Waals surface area contributed by atoms with E-state index in [1.165, 1.54) is 0 Å². The zero-order valence-electron chi connectivity index (χ0n) is 17.3. The Morgan fingerprint density at radius 3 is 2.14 bits per heavy atom. The van der Waals surface area contributed by atoms with Gasteiger partial charge in [-0.1, -0.05) is 32.9 Å². The number of nitrogens with two attached hydrogens (primary N) is 1. The number of aliphatic imine (C=N–C) groups is 1. The molecule has 29 heavy (non-hydrogen) atoms. The zero-order valence-corrected chi connectivity index (χ0v) is 18.9. The van der Waals surface area contributed by atoms with E-state index in [1.54, 1.807) is 23.5 Å². The smallest absolute Gasteiger partial charge is 0.175 e. The fraction of sp³-hybridized carbons (Fsp3) is 0.591. The van der Waals surface area contributed by atoms with Gasteiger partial charge in [0.1, 0.15) is 22.4 Å². The number of hydrogen-bond donors (Lipinski definition) is 1. The second-order valence-electron chi connectivity index (χ2n) is 7.47. The molecule has 1 saturated carbocycles. The largest absolute Gasteiger partial charge is 0.494 e. The lowest BCUT2D eigenvalue weighted by Crippen LogP contribution is -2.32. The van der Waals surface area contributed by atoms with Crippen molar-refractivity contribution in [1.82, 2.24) is 0 Å².